The van der Waals surface area contributed by atoms with Gasteiger partial charge in [-0.25, -0.2) is 0 Å². The van der Waals surface area contributed by atoms with Gasteiger partial charge in [0.2, 0.25) is 0 Å². The van der Waals surface area contributed by atoms with Gasteiger partial charge in [-0.05, 0) is 42.5 Å². The molecule has 1 N–H and O–H groups in total. The van der Waals surface area contributed by atoms with E-state index in [0.717, 1.165) is 29.4 Å². The number of aromatic nitrogens is 2. The number of hydrogen-bond donors (Lipinski definition) is 1. The summed E-state index contributed by atoms with van der Waals surface area (Å²) in [6.45, 7) is 2.88. The number of nitrogens with zero attached hydrogens (tertiary/aromatic N) is 3. The van der Waals surface area contributed by atoms with Gasteiger partial charge in [-0.3, -0.25) is 9.89 Å². The van der Waals surface area contributed by atoms with Crippen molar-refractivity contribution in [1.82, 2.24) is 15.1 Å². The van der Waals surface area contributed by atoms with Gasteiger partial charge in [-0.15, -0.1) is 0 Å². The lowest BCUT2D eigenvalue weighted by molar-refractivity contribution is 0.0741. The Balaban J connectivity index is 1.42. The van der Waals surface area contributed by atoms with E-state index in [1.807, 2.05) is 53.4 Å². The largest absolute Gasteiger partial charge is 0.368 e. The first-order valence-electron chi connectivity index (χ1n) is 8.71. The Morgan fingerprint density at radius 2 is 1.67 bits per heavy atom. The topological polar surface area (TPSA) is 52.2 Å². The lowest BCUT2D eigenvalue weighted by Gasteiger charge is -2.35. The van der Waals surface area contributed by atoms with E-state index in [1.54, 1.807) is 6.07 Å². The van der Waals surface area contributed by atoms with Crippen molar-refractivity contribution in [1.29, 1.82) is 0 Å². The van der Waals surface area contributed by atoms with E-state index in [9.17, 15) is 4.79 Å². The molecule has 0 spiro atoms. The second-order valence-corrected chi connectivity index (χ2v) is 7.31. The average Bonchev–Trinajstić information content (AvgIpc) is 3.18. The lowest BCUT2D eigenvalue weighted by atomic mass is 10.1. The number of rotatable bonds is 3. The Morgan fingerprint density at radius 3 is 2.37 bits per heavy atom. The van der Waals surface area contributed by atoms with Crippen LogP contribution in [0.5, 0.6) is 0 Å². The van der Waals surface area contributed by atoms with Crippen LogP contribution in [-0.4, -0.2) is 47.2 Å². The molecule has 0 atom stereocenters. The van der Waals surface area contributed by atoms with Crippen molar-refractivity contribution < 1.29 is 4.79 Å². The van der Waals surface area contributed by atoms with E-state index >= 15 is 0 Å². The summed E-state index contributed by atoms with van der Waals surface area (Å²) in [6.07, 6.45) is 0. The highest BCUT2D eigenvalue weighted by atomic mass is 35.5. The van der Waals surface area contributed by atoms with E-state index in [2.05, 4.69) is 15.1 Å². The van der Waals surface area contributed by atoms with Gasteiger partial charge in [0.15, 0.2) is 0 Å². The minimum atomic E-state index is -0.0356. The number of anilines is 1. The summed E-state index contributed by atoms with van der Waals surface area (Å²) in [5.74, 6) is -0.0356. The molecule has 1 amide bonds. The maximum atomic E-state index is 12.8. The number of aromatic amines is 1. The molecular formula is C20H18Cl2N4O. The Bertz CT molecular complexity index is 947. The van der Waals surface area contributed by atoms with E-state index in [4.69, 9.17) is 23.2 Å². The molecular weight excluding hydrogens is 383 g/mol. The first-order chi connectivity index (χ1) is 13.1. The first kappa shape index (κ1) is 17.9. The van der Waals surface area contributed by atoms with Gasteiger partial charge < -0.3 is 9.80 Å². The minimum absolute atomic E-state index is 0.0356. The fraction of sp³-hybridized carbons (Fsp3) is 0.200. The third-order valence-corrected chi connectivity index (χ3v) is 5.17. The van der Waals surface area contributed by atoms with Crippen LogP contribution in [0.1, 0.15) is 10.5 Å². The summed E-state index contributed by atoms with van der Waals surface area (Å²) in [5, 5.41) is 8.48. The minimum Gasteiger partial charge on any atom is -0.368 e. The summed E-state index contributed by atoms with van der Waals surface area (Å²) in [5.41, 5.74) is 3.20. The number of benzene rings is 2. The van der Waals surface area contributed by atoms with Crippen LogP contribution < -0.4 is 4.90 Å². The maximum absolute atomic E-state index is 12.8. The molecule has 1 aromatic heterocycles. The number of halogens is 2. The van der Waals surface area contributed by atoms with Gasteiger partial charge in [0.25, 0.3) is 5.91 Å². The second kappa shape index (κ2) is 7.62. The molecule has 0 radical (unpaired) electrons. The van der Waals surface area contributed by atoms with Crippen molar-refractivity contribution in [3.8, 4) is 11.3 Å². The summed E-state index contributed by atoms with van der Waals surface area (Å²) in [7, 11) is 0. The summed E-state index contributed by atoms with van der Waals surface area (Å²) < 4.78 is 0. The third-order valence-electron chi connectivity index (χ3n) is 4.69. The molecule has 1 aliphatic rings. The Hall–Kier alpha value is -2.50. The molecule has 2 heterocycles. The fourth-order valence-electron chi connectivity index (χ4n) is 3.22. The number of carbonyl (C=O) groups excluding carboxylic acids is 1. The van der Waals surface area contributed by atoms with Gasteiger partial charge in [0.05, 0.1) is 5.69 Å². The zero-order chi connectivity index (χ0) is 18.8. The highest BCUT2D eigenvalue weighted by molar-refractivity contribution is 6.31. The smallest absolute Gasteiger partial charge is 0.272 e. The number of nitrogens with one attached hydrogen (secondary N) is 1. The second-order valence-electron chi connectivity index (χ2n) is 6.43. The third kappa shape index (κ3) is 3.94. The van der Waals surface area contributed by atoms with Gasteiger partial charge in [-0.1, -0.05) is 35.3 Å². The number of amides is 1. The highest BCUT2D eigenvalue weighted by Crippen LogP contribution is 2.23. The molecule has 4 rings (SSSR count). The Labute approximate surface area is 167 Å². The average molecular weight is 401 g/mol. The van der Waals surface area contributed by atoms with Crippen LogP contribution in [0.25, 0.3) is 11.3 Å². The number of H-pyrrole nitrogens is 1. The van der Waals surface area contributed by atoms with E-state index in [1.165, 1.54) is 0 Å². The summed E-state index contributed by atoms with van der Waals surface area (Å²) in [4.78, 5) is 16.9. The van der Waals surface area contributed by atoms with E-state index in [-0.39, 0.29) is 5.91 Å². The standard InChI is InChI=1S/C20H18Cl2N4O/c21-15-4-6-17(7-5-15)25-8-10-26(11-9-25)20(27)19-13-18(23-24-19)14-2-1-3-16(22)12-14/h1-7,12-13H,8-11H2,(H,23,24). The normalized spacial score (nSPS) is 14.4. The van der Waals surface area contributed by atoms with Crippen LogP contribution in [0.3, 0.4) is 0 Å². The molecule has 138 valence electrons. The first-order valence-corrected chi connectivity index (χ1v) is 9.47. The molecule has 3 aromatic rings. The predicted molar refractivity (Wildman–Crippen MR) is 109 cm³/mol. The van der Waals surface area contributed by atoms with Crippen molar-refractivity contribution in [3.63, 3.8) is 0 Å². The predicted octanol–water partition coefficient (Wildman–Crippen LogP) is 4.35. The number of carbonyl (C=O) groups is 1. The Kier molecular flexibility index (Phi) is 5.05. The molecule has 2 aromatic carbocycles. The number of piperazine rings is 1. The monoisotopic (exact) mass is 400 g/mol. The quantitative estimate of drug-likeness (QED) is 0.710. The highest BCUT2D eigenvalue weighted by Gasteiger charge is 2.23. The van der Waals surface area contributed by atoms with Crippen molar-refractivity contribution in [3.05, 3.63) is 70.3 Å². The molecule has 5 nitrogen and oxygen atoms in total. The van der Waals surface area contributed by atoms with Crippen molar-refractivity contribution >= 4 is 34.8 Å². The van der Waals surface area contributed by atoms with Gasteiger partial charge in [-0.2, -0.15) is 5.10 Å². The summed E-state index contributed by atoms with van der Waals surface area (Å²) in [6, 6.07) is 17.0. The van der Waals surface area contributed by atoms with Crippen LogP contribution in [-0.2, 0) is 0 Å². The zero-order valence-electron chi connectivity index (χ0n) is 14.5. The van der Waals surface area contributed by atoms with E-state index < -0.39 is 0 Å². The molecule has 0 unspecified atom stereocenters. The molecule has 0 aliphatic carbocycles. The van der Waals surface area contributed by atoms with Crippen LogP contribution in [0.4, 0.5) is 5.69 Å². The van der Waals surface area contributed by atoms with E-state index in [0.29, 0.717) is 29.5 Å². The van der Waals surface area contributed by atoms with Gasteiger partial charge >= 0.3 is 0 Å². The fourth-order valence-corrected chi connectivity index (χ4v) is 3.53. The van der Waals surface area contributed by atoms with Crippen molar-refractivity contribution in [2.24, 2.45) is 0 Å². The molecule has 0 saturated carbocycles. The van der Waals surface area contributed by atoms with Crippen LogP contribution in [0.2, 0.25) is 10.0 Å². The molecule has 27 heavy (non-hydrogen) atoms. The number of hydrogen-bond acceptors (Lipinski definition) is 3. The van der Waals surface area contributed by atoms with Crippen LogP contribution in [0, 0.1) is 0 Å². The van der Waals surface area contributed by atoms with Gasteiger partial charge in [0, 0.05) is 47.5 Å². The van der Waals surface area contributed by atoms with Crippen molar-refractivity contribution in [2.75, 3.05) is 31.1 Å². The summed E-state index contributed by atoms with van der Waals surface area (Å²) >= 11 is 12.0. The maximum Gasteiger partial charge on any atom is 0.272 e. The Morgan fingerprint density at radius 1 is 0.926 bits per heavy atom. The zero-order valence-corrected chi connectivity index (χ0v) is 16.0. The molecule has 1 saturated heterocycles. The molecule has 1 fully saturated rings. The van der Waals surface area contributed by atoms with Crippen LogP contribution >= 0.6 is 23.2 Å². The van der Waals surface area contributed by atoms with Gasteiger partial charge in [0.1, 0.15) is 5.69 Å². The lowest BCUT2D eigenvalue weighted by Crippen LogP contribution is -2.48. The molecule has 1 aliphatic heterocycles. The molecule has 0 bridgehead atoms. The van der Waals surface area contributed by atoms with Crippen LogP contribution in [0.15, 0.2) is 54.6 Å². The van der Waals surface area contributed by atoms with Crippen molar-refractivity contribution in [2.45, 2.75) is 0 Å². The molecule has 7 heteroatoms. The SMILES string of the molecule is O=C(c1cc(-c2cccc(Cl)c2)n[nH]1)N1CCN(c2ccc(Cl)cc2)CC1.